The van der Waals surface area contributed by atoms with E-state index in [0.29, 0.717) is 5.95 Å². The highest BCUT2D eigenvalue weighted by atomic mass is 19.1. The summed E-state index contributed by atoms with van der Waals surface area (Å²) in [5.41, 5.74) is 2.45. The predicted molar refractivity (Wildman–Crippen MR) is 48.9 cm³/mol. The van der Waals surface area contributed by atoms with Crippen LogP contribution < -0.4 is 16.2 Å². The van der Waals surface area contributed by atoms with Crippen LogP contribution in [-0.2, 0) is 0 Å². The molecule has 0 aromatic carbocycles. The van der Waals surface area contributed by atoms with Crippen LogP contribution >= 0.6 is 0 Å². The first-order valence-corrected chi connectivity index (χ1v) is 3.74. The molecule has 6 heteroatoms. The minimum Gasteiger partial charge on any atom is -0.347 e. The van der Waals surface area contributed by atoms with E-state index < -0.39 is 5.82 Å². The Morgan fingerprint density at radius 2 is 2.00 bits per heavy atom. The Balaban J connectivity index is 3.22. The van der Waals surface area contributed by atoms with Crippen LogP contribution in [0.1, 0.15) is 5.69 Å². The summed E-state index contributed by atoms with van der Waals surface area (Å²) in [5.74, 6) is 5.00. The number of hydrogen-bond acceptors (Lipinski definition) is 5. The van der Waals surface area contributed by atoms with Gasteiger partial charge in [0.15, 0.2) is 11.6 Å². The molecule has 1 aromatic heterocycles. The van der Waals surface area contributed by atoms with E-state index in [1.54, 1.807) is 25.9 Å². The Morgan fingerprint density at radius 1 is 1.38 bits per heavy atom. The second-order valence-corrected chi connectivity index (χ2v) is 2.81. The third-order valence-electron chi connectivity index (χ3n) is 1.54. The van der Waals surface area contributed by atoms with Crippen molar-refractivity contribution in [3.8, 4) is 0 Å². The number of nitrogens with one attached hydrogen (secondary N) is 1. The van der Waals surface area contributed by atoms with Gasteiger partial charge in [-0.1, -0.05) is 0 Å². The molecule has 0 radical (unpaired) electrons. The van der Waals surface area contributed by atoms with Crippen LogP contribution in [0.5, 0.6) is 0 Å². The quantitative estimate of drug-likeness (QED) is 0.511. The Morgan fingerprint density at radius 3 is 2.46 bits per heavy atom. The Labute approximate surface area is 75.8 Å². The number of aromatic nitrogens is 2. The predicted octanol–water partition coefficient (Wildman–Crippen LogP) is 0.276. The number of aryl methyl sites for hydroxylation is 1. The van der Waals surface area contributed by atoms with Crippen molar-refractivity contribution in [2.75, 3.05) is 24.4 Å². The van der Waals surface area contributed by atoms with E-state index in [2.05, 4.69) is 15.4 Å². The monoisotopic (exact) mass is 185 g/mol. The van der Waals surface area contributed by atoms with Crippen molar-refractivity contribution < 1.29 is 4.39 Å². The number of rotatable bonds is 2. The van der Waals surface area contributed by atoms with Gasteiger partial charge in [-0.05, 0) is 6.92 Å². The molecule has 0 amide bonds. The number of nitrogen functional groups attached to an aromatic ring is 1. The zero-order valence-corrected chi connectivity index (χ0v) is 7.80. The van der Waals surface area contributed by atoms with Crippen LogP contribution in [0.3, 0.4) is 0 Å². The Hall–Kier alpha value is -1.43. The van der Waals surface area contributed by atoms with Crippen molar-refractivity contribution in [3.63, 3.8) is 0 Å². The summed E-state index contributed by atoms with van der Waals surface area (Å²) < 4.78 is 13.2. The first kappa shape index (κ1) is 9.66. The molecule has 0 aliphatic carbocycles. The summed E-state index contributed by atoms with van der Waals surface area (Å²) >= 11 is 0. The van der Waals surface area contributed by atoms with Gasteiger partial charge in [0.1, 0.15) is 0 Å². The third-order valence-corrected chi connectivity index (χ3v) is 1.54. The average Bonchev–Trinajstić information content (AvgIpc) is 2.09. The largest absolute Gasteiger partial charge is 0.347 e. The fourth-order valence-electron chi connectivity index (χ4n) is 0.840. The summed E-state index contributed by atoms with van der Waals surface area (Å²) in [6, 6.07) is 0. The van der Waals surface area contributed by atoms with Crippen molar-refractivity contribution >= 4 is 11.8 Å². The normalized spacial score (nSPS) is 9.92. The fraction of sp³-hybridized carbons (Fsp3) is 0.429. The fourth-order valence-corrected chi connectivity index (χ4v) is 0.840. The second-order valence-electron chi connectivity index (χ2n) is 2.81. The first-order valence-electron chi connectivity index (χ1n) is 3.74. The smallest absolute Gasteiger partial charge is 0.227 e. The molecule has 0 unspecified atom stereocenters. The number of nitrogens with zero attached hydrogens (tertiary/aromatic N) is 3. The lowest BCUT2D eigenvalue weighted by molar-refractivity contribution is 0.605. The SMILES string of the molecule is Cc1nc(N(C)C)nc(NN)c1F. The zero-order chi connectivity index (χ0) is 10.0. The molecule has 0 spiro atoms. The van der Waals surface area contributed by atoms with Gasteiger partial charge in [0.05, 0.1) is 5.69 Å². The molecule has 1 heterocycles. The van der Waals surface area contributed by atoms with E-state index in [1.807, 2.05) is 0 Å². The maximum Gasteiger partial charge on any atom is 0.227 e. The number of nitrogens with two attached hydrogens (primary N) is 1. The van der Waals surface area contributed by atoms with Gasteiger partial charge in [-0.15, -0.1) is 0 Å². The van der Waals surface area contributed by atoms with Crippen LogP contribution in [-0.4, -0.2) is 24.1 Å². The molecule has 13 heavy (non-hydrogen) atoms. The lowest BCUT2D eigenvalue weighted by Gasteiger charge is -2.12. The highest BCUT2D eigenvalue weighted by Crippen LogP contribution is 2.15. The number of hydrazine groups is 1. The summed E-state index contributed by atoms with van der Waals surface area (Å²) in [4.78, 5) is 9.45. The van der Waals surface area contributed by atoms with Gasteiger partial charge in [-0.2, -0.15) is 4.98 Å². The molecule has 0 saturated carbocycles. The van der Waals surface area contributed by atoms with Crippen molar-refractivity contribution in [2.24, 2.45) is 5.84 Å². The van der Waals surface area contributed by atoms with Gasteiger partial charge < -0.3 is 10.3 Å². The summed E-state index contributed by atoms with van der Waals surface area (Å²) in [6.45, 7) is 1.56. The highest BCUT2D eigenvalue weighted by Gasteiger charge is 2.10. The van der Waals surface area contributed by atoms with E-state index >= 15 is 0 Å². The van der Waals surface area contributed by atoms with E-state index in [-0.39, 0.29) is 11.5 Å². The zero-order valence-electron chi connectivity index (χ0n) is 7.80. The highest BCUT2D eigenvalue weighted by molar-refractivity contribution is 5.43. The van der Waals surface area contributed by atoms with Crippen LogP contribution in [0.15, 0.2) is 0 Å². The van der Waals surface area contributed by atoms with Crippen molar-refractivity contribution in [1.82, 2.24) is 9.97 Å². The van der Waals surface area contributed by atoms with Crippen LogP contribution in [0, 0.1) is 12.7 Å². The van der Waals surface area contributed by atoms with Gasteiger partial charge >= 0.3 is 0 Å². The molecule has 0 saturated heterocycles. The minimum atomic E-state index is -0.520. The molecule has 0 fully saturated rings. The number of hydrogen-bond donors (Lipinski definition) is 2. The second kappa shape index (κ2) is 3.53. The molecule has 72 valence electrons. The molecule has 0 aliphatic heterocycles. The molecule has 5 nitrogen and oxygen atoms in total. The van der Waals surface area contributed by atoms with Crippen LogP contribution in [0.2, 0.25) is 0 Å². The Kier molecular flexibility index (Phi) is 2.62. The van der Waals surface area contributed by atoms with E-state index in [9.17, 15) is 4.39 Å². The number of anilines is 2. The van der Waals surface area contributed by atoms with Gasteiger partial charge in [0, 0.05) is 14.1 Å². The van der Waals surface area contributed by atoms with Crippen LogP contribution in [0.25, 0.3) is 0 Å². The van der Waals surface area contributed by atoms with Crippen molar-refractivity contribution in [1.29, 1.82) is 0 Å². The number of halogens is 1. The lowest BCUT2D eigenvalue weighted by atomic mass is 10.4. The summed E-state index contributed by atoms with van der Waals surface area (Å²) in [6.07, 6.45) is 0. The Bertz CT molecular complexity index is 312. The van der Waals surface area contributed by atoms with Crippen molar-refractivity contribution in [3.05, 3.63) is 11.5 Å². The van der Waals surface area contributed by atoms with Gasteiger partial charge in [0.2, 0.25) is 5.95 Å². The van der Waals surface area contributed by atoms with Gasteiger partial charge in [-0.25, -0.2) is 15.2 Å². The lowest BCUT2D eigenvalue weighted by Crippen LogP contribution is -2.18. The minimum absolute atomic E-state index is 0.0104. The molecular weight excluding hydrogens is 173 g/mol. The molecule has 1 aromatic rings. The maximum absolute atomic E-state index is 13.2. The first-order chi connectivity index (χ1) is 6.06. The van der Waals surface area contributed by atoms with E-state index in [4.69, 9.17) is 5.84 Å². The summed E-state index contributed by atoms with van der Waals surface area (Å²) in [7, 11) is 3.54. The molecule has 0 atom stereocenters. The van der Waals surface area contributed by atoms with E-state index in [1.165, 1.54) is 0 Å². The van der Waals surface area contributed by atoms with Crippen molar-refractivity contribution in [2.45, 2.75) is 6.92 Å². The van der Waals surface area contributed by atoms with Crippen LogP contribution in [0.4, 0.5) is 16.2 Å². The van der Waals surface area contributed by atoms with Gasteiger partial charge in [-0.3, -0.25) is 0 Å². The average molecular weight is 185 g/mol. The molecular formula is C7H12FN5. The summed E-state index contributed by atoms with van der Waals surface area (Å²) in [5, 5.41) is 0. The maximum atomic E-state index is 13.2. The van der Waals surface area contributed by atoms with Gasteiger partial charge in [0.25, 0.3) is 0 Å². The molecule has 0 aliphatic rings. The van der Waals surface area contributed by atoms with E-state index in [0.717, 1.165) is 0 Å². The molecule has 0 bridgehead atoms. The molecule has 3 N–H and O–H groups in total. The molecule has 1 rings (SSSR count). The third kappa shape index (κ3) is 1.83. The standard InChI is InChI=1S/C7H12FN5/c1-4-5(8)6(12-9)11-7(10-4)13(2)3/h9H2,1-3H3,(H,10,11,12). The topological polar surface area (TPSA) is 67.1 Å².